The third-order valence-electron chi connectivity index (χ3n) is 4.99. The number of hydrogen-bond acceptors (Lipinski definition) is 4. The number of nitrogens with one attached hydrogen (secondary N) is 1. The van der Waals surface area contributed by atoms with Gasteiger partial charge < -0.3 is 20.1 Å². The van der Waals surface area contributed by atoms with Crippen LogP contribution in [0.15, 0.2) is 0 Å². The smallest absolute Gasteiger partial charge is 0.223 e. The average Bonchev–Trinajstić information content (AvgIpc) is 2.78. The van der Waals surface area contributed by atoms with Gasteiger partial charge in [0.05, 0.1) is 12.7 Å². The van der Waals surface area contributed by atoms with Crippen LogP contribution in [-0.2, 0) is 9.53 Å². The highest BCUT2D eigenvalue weighted by Gasteiger charge is 2.25. The Balaban J connectivity index is 1.67. The fraction of sp³-hybridized carbons (Fsp3) is 0.941. The lowest BCUT2D eigenvalue weighted by Gasteiger charge is -2.34. The summed E-state index contributed by atoms with van der Waals surface area (Å²) in [6.07, 6.45) is 8.65. The zero-order valence-electron chi connectivity index (χ0n) is 13.9. The zero-order chi connectivity index (χ0) is 15.8. The van der Waals surface area contributed by atoms with E-state index in [1.165, 1.54) is 25.7 Å². The van der Waals surface area contributed by atoms with E-state index in [0.29, 0.717) is 19.2 Å². The number of hydrogen-bond donors (Lipinski definition) is 2. The van der Waals surface area contributed by atoms with Gasteiger partial charge in [-0.3, -0.25) is 4.79 Å². The molecule has 0 spiro atoms. The molecular formula is C17H32N2O3. The van der Waals surface area contributed by atoms with E-state index in [0.717, 1.165) is 38.8 Å². The van der Waals surface area contributed by atoms with Crippen LogP contribution in [0.1, 0.15) is 51.4 Å². The van der Waals surface area contributed by atoms with Gasteiger partial charge in [-0.25, -0.2) is 0 Å². The van der Waals surface area contributed by atoms with Crippen molar-refractivity contribution in [1.82, 2.24) is 10.2 Å². The summed E-state index contributed by atoms with van der Waals surface area (Å²) in [6, 6.07) is 0.312. The van der Waals surface area contributed by atoms with Crippen LogP contribution in [0.5, 0.6) is 0 Å². The van der Waals surface area contributed by atoms with Crippen molar-refractivity contribution < 1.29 is 14.6 Å². The highest BCUT2D eigenvalue weighted by Crippen LogP contribution is 2.23. The molecule has 2 aliphatic rings. The van der Waals surface area contributed by atoms with Gasteiger partial charge in [-0.05, 0) is 25.7 Å². The SMILES string of the molecule is COCC(O)CN1CCC(NC(=O)C2CCCCCC2)CC1. The van der Waals surface area contributed by atoms with Crippen LogP contribution < -0.4 is 5.32 Å². The molecule has 22 heavy (non-hydrogen) atoms. The second kappa shape index (κ2) is 9.48. The summed E-state index contributed by atoms with van der Waals surface area (Å²) in [6.45, 7) is 2.93. The Morgan fingerprint density at radius 1 is 1.18 bits per heavy atom. The monoisotopic (exact) mass is 312 g/mol. The minimum atomic E-state index is -0.415. The Kier molecular flexibility index (Phi) is 7.63. The largest absolute Gasteiger partial charge is 0.389 e. The predicted molar refractivity (Wildman–Crippen MR) is 86.7 cm³/mol. The van der Waals surface area contributed by atoms with Gasteiger partial charge in [0.15, 0.2) is 0 Å². The molecule has 2 N–H and O–H groups in total. The quantitative estimate of drug-likeness (QED) is 0.731. The number of aliphatic hydroxyl groups is 1. The number of carbonyl (C=O) groups excluding carboxylic acids is 1. The second-order valence-electron chi connectivity index (χ2n) is 6.88. The third-order valence-corrected chi connectivity index (χ3v) is 4.99. The van der Waals surface area contributed by atoms with Crippen LogP contribution >= 0.6 is 0 Å². The first-order chi connectivity index (χ1) is 10.7. The Labute approximate surface area is 134 Å². The van der Waals surface area contributed by atoms with Gasteiger partial charge in [0, 0.05) is 38.7 Å². The summed E-state index contributed by atoms with van der Waals surface area (Å²) in [5, 5.41) is 13.0. The van der Waals surface area contributed by atoms with Crippen LogP contribution in [0.3, 0.4) is 0 Å². The van der Waals surface area contributed by atoms with Crippen molar-refractivity contribution in [3.05, 3.63) is 0 Å². The highest BCUT2D eigenvalue weighted by molar-refractivity contribution is 5.78. The van der Waals surface area contributed by atoms with Crippen LogP contribution in [0, 0.1) is 5.92 Å². The van der Waals surface area contributed by atoms with Crippen molar-refractivity contribution in [3.8, 4) is 0 Å². The Morgan fingerprint density at radius 3 is 2.41 bits per heavy atom. The van der Waals surface area contributed by atoms with Crippen molar-refractivity contribution in [2.24, 2.45) is 5.92 Å². The lowest BCUT2D eigenvalue weighted by molar-refractivity contribution is -0.126. The molecule has 1 atom stereocenters. The van der Waals surface area contributed by atoms with E-state index in [1.54, 1.807) is 7.11 Å². The Bertz CT molecular complexity index is 322. The molecule has 1 amide bonds. The number of amides is 1. The first-order valence-electron chi connectivity index (χ1n) is 8.88. The number of aliphatic hydroxyl groups excluding tert-OH is 1. The zero-order valence-corrected chi connectivity index (χ0v) is 13.9. The molecule has 5 nitrogen and oxygen atoms in total. The van der Waals surface area contributed by atoms with Crippen molar-refractivity contribution in [1.29, 1.82) is 0 Å². The van der Waals surface area contributed by atoms with Gasteiger partial charge in [-0.1, -0.05) is 25.7 Å². The summed E-state index contributed by atoms with van der Waals surface area (Å²) >= 11 is 0. The molecule has 1 aliphatic carbocycles. The van der Waals surface area contributed by atoms with Crippen molar-refractivity contribution in [2.45, 2.75) is 63.5 Å². The lowest BCUT2D eigenvalue weighted by Crippen LogP contribution is -2.48. The number of piperidine rings is 1. The molecular weight excluding hydrogens is 280 g/mol. The maximum absolute atomic E-state index is 12.4. The molecule has 1 unspecified atom stereocenters. The fourth-order valence-corrected chi connectivity index (χ4v) is 3.66. The van der Waals surface area contributed by atoms with Crippen molar-refractivity contribution in [2.75, 3.05) is 33.4 Å². The van der Waals surface area contributed by atoms with Crippen molar-refractivity contribution >= 4 is 5.91 Å². The molecule has 128 valence electrons. The van der Waals surface area contributed by atoms with Gasteiger partial charge in [-0.15, -0.1) is 0 Å². The number of β-amino-alcohol motifs (C(OH)–C–C–N with tert-alkyl or cyclic N) is 1. The molecule has 2 rings (SSSR count). The second-order valence-corrected chi connectivity index (χ2v) is 6.88. The molecule has 0 radical (unpaired) electrons. The minimum Gasteiger partial charge on any atom is -0.389 e. The fourth-order valence-electron chi connectivity index (χ4n) is 3.66. The molecule has 0 bridgehead atoms. The van der Waals surface area contributed by atoms with Crippen LogP contribution in [0.2, 0.25) is 0 Å². The third kappa shape index (κ3) is 5.86. The summed E-state index contributed by atoms with van der Waals surface area (Å²) in [5.74, 6) is 0.517. The van der Waals surface area contributed by atoms with E-state index < -0.39 is 6.10 Å². The molecule has 1 saturated heterocycles. The highest BCUT2D eigenvalue weighted by atomic mass is 16.5. The van der Waals surface area contributed by atoms with E-state index in [4.69, 9.17) is 4.74 Å². The summed E-state index contributed by atoms with van der Waals surface area (Å²) in [5.41, 5.74) is 0. The summed E-state index contributed by atoms with van der Waals surface area (Å²) in [7, 11) is 1.61. The maximum atomic E-state index is 12.4. The normalized spacial score (nSPS) is 23.9. The van der Waals surface area contributed by atoms with Crippen molar-refractivity contribution in [3.63, 3.8) is 0 Å². The van der Waals surface area contributed by atoms with E-state index >= 15 is 0 Å². The van der Waals surface area contributed by atoms with E-state index in [1.807, 2.05) is 0 Å². The molecule has 1 heterocycles. The lowest BCUT2D eigenvalue weighted by atomic mass is 9.97. The van der Waals surface area contributed by atoms with Gasteiger partial charge in [-0.2, -0.15) is 0 Å². The molecule has 1 saturated carbocycles. The molecule has 2 fully saturated rings. The standard InChI is InChI=1S/C17H32N2O3/c1-22-13-16(20)12-19-10-8-15(9-11-19)18-17(21)14-6-4-2-3-5-7-14/h14-16,20H,2-13H2,1H3,(H,18,21). The van der Waals surface area contributed by atoms with E-state index in [-0.39, 0.29) is 11.8 Å². The predicted octanol–water partition coefficient (Wildman–Crippen LogP) is 1.54. The molecule has 0 aromatic rings. The van der Waals surface area contributed by atoms with Gasteiger partial charge in [0.1, 0.15) is 0 Å². The minimum absolute atomic E-state index is 0.240. The Morgan fingerprint density at radius 2 is 1.82 bits per heavy atom. The summed E-state index contributed by atoms with van der Waals surface area (Å²) < 4.78 is 4.96. The van der Waals surface area contributed by atoms with Gasteiger partial charge in [0.25, 0.3) is 0 Å². The van der Waals surface area contributed by atoms with Gasteiger partial charge >= 0.3 is 0 Å². The number of rotatable bonds is 6. The molecule has 5 heteroatoms. The van der Waals surface area contributed by atoms with Gasteiger partial charge in [0.2, 0.25) is 5.91 Å². The van der Waals surface area contributed by atoms with Crippen LogP contribution in [0.25, 0.3) is 0 Å². The van der Waals surface area contributed by atoms with Crippen LogP contribution in [0.4, 0.5) is 0 Å². The molecule has 1 aliphatic heterocycles. The topological polar surface area (TPSA) is 61.8 Å². The summed E-state index contributed by atoms with van der Waals surface area (Å²) in [4.78, 5) is 14.6. The van der Waals surface area contributed by atoms with Crippen LogP contribution in [-0.4, -0.2) is 61.4 Å². The Hall–Kier alpha value is -0.650. The number of ether oxygens (including phenoxy) is 1. The first kappa shape index (κ1) is 17.7. The number of nitrogens with zero attached hydrogens (tertiary/aromatic N) is 1. The first-order valence-corrected chi connectivity index (χ1v) is 8.88. The average molecular weight is 312 g/mol. The molecule has 0 aromatic carbocycles. The van der Waals surface area contributed by atoms with E-state index in [9.17, 15) is 9.90 Å². The number of carbonyl (C=O) groups is 1. The number of likely N-dealkylation sites (tertiary alicyclic amines) is 1. The maximum Gasteiger partial charge on any atom is 0.223 e. The molecule has 0 aromatic heterocycles. The number of methoxy groups -OCH3 is 1. The van der Waals surface area contributed by atoms with E-state index in [2.05, 4.69) is 10.2 Å².